The van der Waals surface area contributed by atoms with E-state index in [4.69, 9.17) is 0 Å². The fourth-order valence-electron chi connectivity index (χ4n) is 2.65. The Morgan fingerprint density at radius 2 is 2.04 bits per heavy atom. The van der Waals surface area contributed by atoms with Crippen molar-refractivity contribution < 1.29 is 9.90 Å². The van der Waals surface area contributed by atoms with Crippen LogP contribution < -0.4 is 5.32 Å². The lowest BCUT2D eigenvalue weighted by atomic mass is 10.0. The van der Waals surface area contributed by atoms with Gasteiger partial charge in [-0.3, -0.25) is 9.78 Å². The van der Waals surface area contributed by atoms with Crippen molar-refractivity contribution in [2.75, 3.05) is 6.61 Å². The number of aromatic nitrogens is 5. The molecule has 0 aliphatic carbocycles. The number of tetrazole rings is 1. The van der Waals surface area contributed by atoms with E-state index in [2.05, 4.69) is 41.8 Å². The number of aliphatic hydroxyl groups is 1. The first-order valence-corrected chi connectivity index (χ1v) is 9.65. The fraction of sp³-hybridized carbons (Fsp3) is 0.316. The van der Waals surface area contributed by atoms with Gasteiger partial charge in [-0.25, -0.2) is 0 Å². The van der Waals surface area contributed by atoms with Crippen LogP contribution >= 0.6 is 15.9 Å². The molecule has 0 aliphatic heterocycles. The number of aliphatic hydroxyl groups excluding tert-OH is 1. The van der Waals surface area contributed by atoms with Gasteiger partial charge in [0.15, 0.2) is 5.82 Å². The number of pyridine rings is 1. The summed E-state index contributed by atoms with van der Waals surface area (Å²) in [6, 6.07) is 8.78. The largest absolute Gasteiger partial charge is 0.394 e. The lowest BCUT2D eigenvalue weighted by Gasteiger charge is -2.14. The van der Waals surface area contributed by atoms with Gasteiger partial charge >= 0.3 is 0 Å². The van der Waals surface area contributed by atoms with E-state index in [9.17, 15) is 9.90 Å². The lowest BCUT2D eigenvalue weighted by molar-refractivity contribution is 0.0922. The predicted octanol–water partition coefficient (Wildman–Crippen LogP) is 2.72. The predicted molar refractivity (Wildman–Crippen MR) is 108 cm³/mol. The minimum atomic E-state index is -0.357. The Balaban J connectivity index is 2.12. The third-order valence-electron chi connectivity index (χ3n) is 4.11. The average Bonchev–Trinajstić information content (AvgIpc) is 3.18. The average molecular weight is 445 g/mol. The highest BCUT2D eigenvalue weighted by Gasteiger charge is 2.17. The smallest absolute Gasteiger partial charge is 0.251 e. The Morgan fingerprint density at radius 1 is 1.25 bits per heavy atom. The zero-order chi connectivity index (χ0) is 20.3. The molecule has 0 bridgehead atoms. The van der Waals surface area contributed by atoms with E-state index in [0.29, 0.717) is 22.8 Å². The quantitative estimate of drug-likeness (QED) is 0.605. The summed E-state index contributed by atoms with van der Waals surface area (Å²) in [5.41, 5.74) is 2.57. The molecule has 0 spiro atoms. The molecule has 0 unspecified atom stereocenters. The molecule has 8 nitrogen and oxygen atoms in total. The second-order valence-corrected chi connectivity index (χ2v) is 7.71. The molecular weight excluding hydrogens is 424 g/mol. The van der Waals surface area contributed by atoms with E-state index in [1.807, 2.05) is 32.0 Å². The molecule has 146 valence electrons. The molecule has 2 aromatic heterocycles. The van der Waals surface area contributed by atoms with Crippen molar-refractivity contribution in [3.63, 3.8) is 0 Å². The molecular formula is C19H21BrN6O2. The summed E-state index contributed by atoms with van der Waals surface area (Å²) >= 11 is 3.38. The Labute approximate surface area is 171 Å². The normalized spacial score (nSPS) is 12.2. The van der Waals surface area contributed by atoms with Crippen LogP contribution in [0.4, 0.5) is 0 Å². The van der Waals surface area contributed by atoms with Crippen molar-refractivity contribution in [1.29, 1.82) is 0 Å². The van der Waals surface area contributed by atoms with Crippen LogP contribution in [-0.2, 0) is 0 Å². The van der Waals surface area contributed by atoms with E-state index in [-0.39, 0.29) is 24.5 Å². The lowest BCUT2D eigenvalue weighted by Crippen LogP contribution is -2.35. The van der Waals surface area contributed by atoms with Gasteiger partial charge in [0.05, 0.1) is 18.0 Å². The van der Waals surface area contributed by atoms with Crippen LogP contribution in [-0.4, -0.2) is 48.9 Å². The maximum absolute atomic E-state index is 12.7. The van der Waals surface area contributed by atoms with E-state index in [1.165, 1.54) is 0 Å². The molecule has 0 fully saturated rings. The zero-order valence-corrected chi connectivity index (χ0v) is 17.4. The number of amides is 1. The second kappa shape index (κ2) is 8.57. The highest BCUT2D eigenvalue weighted by molar-refractivity contribution is 9.10. The number of halogens is 1. The summed E-state index contributed by atoms with van der Waals surface area (Å²) in [7, 11) is 0. The number of hydrogen-bond donors (Lipinski definition) is 2. The highest BCUT2D eigenvalue weighted by atomic mass is 79.9. The SMILES string of the molecule is CC(C)c1nnnn1-c1cc(C(=O)N[C@@H](C)CO)cc(-c2ccc(Br)cn2)c1. The highest BCUT2D eigenvalue weighted by Crippen LogP contribution is 2.25. The molecule has 2 heterocycles. The molecule has 0 saturated heterocycles. The zero-order valence-electron chi connectivity index (χ0n) is 15.8. The Kier molecular flexibility index (Phi) is 6.15. The number of benzene rings is 1. The fourth-order valence-corrected chi connectivity index (χ4v) is 2.88. The molecule has 1 amide bonds. The van der Waals surface area contributed by atoms with Crippen molar-refractivity contribution in [2.45, 2.75) is 32.7 Å². The second-order valence-electron chi connectivity index (χ2n) is 6.79. The van der Waals surface area contributed by atoms with Gasteiger partial charge in [-0.1, -0.05) is 13.8 Å². The van der Waals surface area contributed by atoms with Crippen LogP contribution in [0, 0.1) is 0 Å². The molecule has 9 heteroatoms. The van der Waals surface area contributed by atoms with Crippen LogP contribution in [0.25, 0.3) is 16.9 Å². The van der Waals surface area contributed by atoms with Crippen LogP contribution in [0.1, 0.15) is 42.9 Å². The number of nitrogens with one attached hydrogen (secondary N) is 1. The van der Waals surface area contributed by atoms with Crippen molar-refractivity contribution in [3.8, 4) is 16.9 Å². The topological polar surface area (TPSA) is 106 Å². The molecule has 0 aliphatic rings. The third-order valence-corrected chi connectivity index (χ3v) is 4.58. The molecule has 0 saturated carbocycles. The van der Waals surface area contributed by atoms with Gasteiger partial charge in [0, 0.05) is 33.8 Å². The van der Waals surface area contributed by atoms with Gasteiger partial charge in [-0.2, -0.15) is 4.68 Å². The maximum atomic E-state index is 12.7. The molecule has 28 heavy (non-hydrogen) atoms. The van der Waals surface area contributed by atoms with Gasteiger partial charge in [-0.15, -0.1) is 5.10 Å². The summed E-state index contributed by atoms with van der Waals surface area (Å²) in [6.45, 7) is 5.59. The van der Waals surface area contributed by atoms with Crippen LogP contribution in [0.3, 0.4) is 0 Å². The number of carbonyl (C=O) groups is 1. The van der Waals surface area contributed by atoms with Crippen LogP contribution in [0.2, 0.25) is 0 Å². The van der Waals surface area contributed by atoms with Crippen molar-refractivity contribution in [3.05, 3.63) is 52.4 Å². The summed E-state index contributed by atoms with van der Waals surface area (Å²) in [5, 5.41) is 24.0. The first-order chi connectivity index (χ1) is 13.4. The summed E-state index contributed by atoms with van der Waals surface area (Å²) < 4.78 is 2.49. The molecule has 3 rings (SSSR count). The Hall–Kier alpha value is -2.65. The van der Waals surface area contributed by atoms with Crippen molar-refractivity contribution in [2.24, 2.45) is 0 Å². The van der Waals surface area contributed by atoms with Gasteiger partial charge in [0.25, 0.3) is 5.91 Å². The van der Waals surface area contributed by atoms with Gasteiger partial charge in [-0.05, 0) is 63.6 Å². The molecule has 1 atom stereocenters. The Morgan fingerprint density at radius 3 is 2.68 bits per heavy atom. The van der Waals surface area contributed by atoms with E-state index in [1.54, 1.807) is 29.9 Å². The summed E-state index contributed by atoms with van der Waals surface area (Å²) in [5.74, 6) is 0.507. The van der Waals surface area contributed by atoms with Gasteiger partial charge in [0.2, 0.25) is 0 Å². The first-order valence-electron chi connectivity index (χ1n) is 8.86. The minimum Gasteiger partial charge on any atom is -0.394 e. The number of rotatable bonds is 6. The molecule has 1 aromatic carbocycles. The van der Waals surface area contributed by atoms with Gasteiger partial charge < -0.3 is 10.4 Å². The summed E-state index contributed by atoms with van der Waals surface area (Å²) in [4.78, 5) is 17.1. The maximum Gasteiger partial charge on any atom is 0.251 e. The molecule has 3 aromatic rings. The Bertz CT molecular complexity index is 971. The third kappa shape index (κ3) is 4.42. The molecule has 2 N–H and O–H groups in total. The van der Waals surface area contributed by atoms with Crippen molar-refractivity contribution in [1.82, 2.24) is 30.5 Å². The first kappa shape index (κ1) is 20.1. The van der Waals surface area contributed by atoms with Crippen LogP contribution in [0.5, 0.6) is 0 Å². The number of carbonyl (C=O) groups excluding carboxylic acids is 1. The summed E-state index contributed by atoms with van der Waals surface area (Å²) in [6.07, 6.45) is 1.70. The van der Waals surface area contributed by atoms with E-state index < -0.39 is 0 Å². The number of nitrogens with zero attached hydrogens (tertiary/aromatic N) is 5. The molecule has 0 radical (unpaired) electrons. The number of hydrogen-bond acceptors (Lipinski definition) is 6. The van der Waals surface area contributed by atoms with E-state index >= 15 is 0 Å². The minimum absolute atomic E-state index is 0.108. The van der Waals surface area contributed by atoms with Crippen LogP contribution in [0.15, 0.2) is 41.0 Å². The standard InChI is InChI=1S/C19H21BrN6O2/c1-11(2)18-23-24-25-26(18)16-7-13(17-5-4-15(20)9-21-17)6-14(8-16)19(28)22-12(3)10-27/h4-9,11-12,27H,10H2,1-3H3,(H,22,28)/t12-/m0/s1. The monoisotopic (exact) mass is 444 g/mol. The van der Waals surface area contributed by atoms with E-state index in [0.717, 1.165) is 10.0 Å². The van der Waals surface area contributed by atoms with Gasteiger partial charge in [0.1, 0.15) is 0 Å². The van der Waals surface area contributed by atoms with Crippen molar-refractivity contribution >= 4 is 21.8 Å².